The molecule has 3 aromatic carbocycles. The minimum absolute atomic E-state index is 0.0627. The van der Waals surface area contributed by atoms with Gasteiger partial charge in [-0.25, -0.2) is 13.6 Å². The molecule has 0 bridgehead atoms. The van der Waals surface area contributed by atoms with Crippen molar-refractivity contribution >= 4 is 11.7 Å². The average Bonchev–Trinajstić information content (AvgIpc) is 3.20. The van der Waals surface area contributed by atoms with Crippen LogP contribution in [-0.2, 0) is 6.54 Å². The Hall–Kier alpha value is -3.93. The van der Waals surface area contributed by atoms with E-state index in [1.807, 2.05) is 67.7 Å². The van der Waals surface area contributed by atoms with Crippen LogP contribution in [0, 0.1) is 18.6 Å². The maximum absolute atomic E-state index is 14.3. The van der Waals surface area contributed by atoms with E-state index in [4.69, 9.17) is 0 Å². The highest BCUT2D eigenvalue weighted by Gasteiger charge is 2.33. The predicted molar refractivity (Wildman–Crippen MR) is 120 cm³/mol. The number of anilines is 1. The topological polar surface area (TPSA) is 37.3 Å². The molecule has 160 valence electrons. The third-order valence-electron chi connectivity index (χ3n) is 5.76. The van der Waals surface area contributed by atoms with E-state index in [-0.39, 0.29) is 5.69 Å². The lowest BCUT2D eigenvalue weighted by atomic mass is 10.00. The SMILES string of the molecule is Cc1cccc(C2c3cccn3-c3ccccc3CN2C(=O)Nc2ccc(F)cc2F)c1. The number of nitrogens with one attached hydrogen (secondary N) is 1. The number of hydrogen-bond acceptors (Lipinski definition) is 1. The van der Waals surface area contributed by atoms with Crippen molar-refractivity contribution in [2.75, 3.05) is 5.32 Å². The quantitative estimate of drug-likeness (QED) is 0.405. The summed E-state index contributed by atoms with van der Waals surface area (Å²) in [4.78, 5) is 15.2. The van der Waals surface area contributed by atoms with Gasteiger partial charge in [0.05, 0.1) is 24.0 Å². The molecule has 1 aliphatic heterocycles. The molecule has 2 heterocycles. The number of fused-ring (bicyclic) bond motifs is 3. The largest absolute Gasteiger partial charge is 0.323 e. The highest BCUT2D eigenvalue weighted by molar-refractivity contribution is 5.90. The summed E-state index contributed by atoms with van der Waals surface area (Å²) < 4.78 is 29.7. The summed E-state index contributed by atoms with van der Waals surface area (Å²) in [5.41, 5.74) is 4.85. The van der Waals surface area contributed by atoms with Gasteiger partial charge in [-0.1, -0.05) is 48.0 Å². The summed E-state index contributed by atoms with van der Waals surface area (Å²) in [5.74, 6) is -1.51. The molecule has 0 fully saturated rings. The van der Waals surface area contributed by atoms with Crippen LogP contribution in [0.4, 0.5) is 19.3 Å². The van der Waals surface area contributed by atoms with E-state index in [2.05, 4.69) is 16.0 Å². The fourth-order valence-corrected chi connectivity index (χ4v) is 4.31. The minimum Gasteiger partial charge on any atom is -0.318 e. The molecule has 1 aromatic heterocycles. The van der Waals surface area contributed by atoms with Gasteiger partial charge >= 0.3 is 6.03 Å². The fourth-order valence-electron chi connectivity index (χ4n) is 4.31. The first kappa shape index (κ1) is 20.0. The number of para-hydroxylation sites is 1. The molecule has 0 spiro atoms. The van der Waals surface area contributed by atoms with Gasteiger partial charge in [0, 0.05) is 18.0 Å². The zero-order valence-corrected chi connectivity index (χ0v) is 17.4. The molecule has 4 nitrogen and oxygen atoms in total. The Labute approximate surface area is 184 Å². The zero-order valence-electron chi connectivity index (χ0n) is 17.4. The zero-order chi connectivity index (χ0) is 22.2. The van der Waals surface area contributed by atoms with Crippen molar-refractivity contribution in [3.8, 4) is 5.69 Å². The van der Waals surface area contributed by atoms with Crippen molar-refractivity contribution in [1.29, 1.82) is 0 Å². The van der Waals surface area contributed by atoms with Crippen molar-refractivity contribution in [1.82, 2.24) is 9.47 Å². The normalized spacial score (nSPS) is 15.0. The smallest absolute Gasteiger partial charge is 0.318 e. The number of nitrogens with zero attached hydrogens (tertiary/aromatic N) is 2. The summed E-state index contributed by atoms with van der Waals surface area (Å²) in [7, 11) is 0. The molecule has 5 rings (SSSR count). The van der Waals surface area contributed by atoms with Gasteiger partial charge in [0.1, 0.15) is 11.6 Å². The molecule has 4 aromatic rings. The van der Waals surface area contributed by atoms with Gasteiger partial charge in [0.15, 0.2) is 0 Å². The van der Waals surface area contributed by atoms with Crippen LogP contribution in [0.15, 0.2) is 85.1 Å². The molecule has 2 amide bonds. The van der Waals surface area contributed by atoms with Crippen LogP contribution in [0.5, 0.6) is 0 Å². The van der Waals surface area contributed by atoms with E-state index in [9.17, 15) is 13.6 Å². The standard InChI is InChI=1S/C26H21F2N3O/c1-17-6-4-8-18(14-17)25-24-10-5-13-30(24)23-9-3-2-7-19(23)16-31(25)26(32)29-22-12-11-20(27)15-21(22)28/h2-15,25H,16H2,1H3,(H,29,32). The molecular weight excluding hydrogens is 408 g/mol. The van der Waals surface area contributed by atoms with Gasteiger partial charge in [-0.3, -0.25) is 0 Å². The Balaban J connectivity index is 1.64. The van der Waals surface area contributed by atoms with Gasteiger partial charge in [0.25, 0.3) is 0 Å². The van der Waals surface area contributed by atoms with Crippen LogP contribution < -0.4 is 5.32 Å². The molecule has 6 heteroatoms. The molecule has 1 unspecified atom stereocenters. The van der Waals surface area contributed by atoms with E-state index in [1.54, 1.807) is 4.90 Å². The first-order chi connectivity index (χ1) is 15.5. The fraction of sp³-hybridized carbons (Fsp3) is 0.115. The van der Waals surface area contributed by atoms with Gasteiger partial charge in [-0.05, 0) is 48.4 Å². The Morgan fingerprint density at radius 1 is 0.969 bits per heavy atom. The average molecular weight is 429 g/mol. The van der Waals surface area contributed by atoms with E-state index in [0.29, 0.717) is 6.54 Å². The Bertz CT molecular complexity index is 1310. The summed E-state index contributed by atoms with van der Waals surface area (Å²) in [6.45, 7) is 2.33. The first-order valence-corrected chi connectivity index (χ1v) is 10.4. The second-order valence-corrected chi connectivity index (χ2v) is 7.93. The van der Waals surface area contributed by atoms with Crippen molar-refractivity contribution in [3.63, 3.8) is 0 Å². The number of aryl methyl sites for hydroxylation is 1. The number of carbonyl (C=O) groups excluding carboxylic acids is 1. The lowest BCUT2D eigenvalue weighted by molar-refractivity contribution is 0.194. The maximum Gasteiger partial charge on any atom is 0.323 e. The minimum atomic E-state index is -0.816. The van der Waals surface area contributed by atoms with Crippen LogP contribution in [0.25, 0.3) is 5.69 Å². The van der Waals surface area contributed by atoms with Crippen molar-refractivity contribution in [3.05, 3.63) is 119 Å². The Morgan fingerprint density at radius 2 is 1.81 bits per heavy atom. The van der Waals surface area contributed by atoms with E-state index < -0.39 is 23.7 Å². The van der Waals surface area contributed by atoms with Crippen LogP contribution >= 0.6 is 0 Å². The third kappa shape index (κ3) is 3.54. The maximum atomic E-state index is 14.3. The molecule has 0 aliphatic carbocycles. The summed E-state index contributed by atoms with van der Waals surface area (Å²) in [6.07, 6.45) is 1.98. The van der Waals surface area contributed by atoms with Gasteiger partial charge in [-0.2, -0.15) is 0 Å². The lowest BCUT2D eigenvalue weighted by Gasteiger charge is -2.31. The number of benzene rings is 3. The number of aromatic nitrogens is 1. The van der Waals surface area contributed by atoms with Crippen LogP contribution in [-0.4, -0.2) is 15.5 Å². The number of halogens is 2. The first-order valence-electron chi connectivity index (χ1n) is 10.4. The summed E-state index contributed by atoms with van der Waals surface area (Å²) in [6, 6.07) is 22.1. The molecule has 1 atom stereocenters. The van der Waals surface area contributed by atoms with Gasteiger partial charge in [-0.15, -0.1) is 0 Å². The summed E-state index contributed by atoms with van der Waals surface area (Å²) in [5, 5.41) is 2.64. The highest BCUT2D eigenvalue weighted by atomic mass is 19.1. The van der Waals surface area contributed by atoms with Crippen LogP contribution in [0.1, 0.15) is 28.4 Å². The number of rotatable bonds is 2. The molecule has 32 heavy (non-hydrogen) atoms. The highest BCUT2D eigenvalue weighted by Crippen LogP contribution is 2.37. The third-order valence-corrected chi connectivity index (χ3v) is 5.76. The molecule has 1 N–H and O–H groups in total. The molecule has 0 radical (unpaired) electrons. The summed E-state index contributed by atoms with van der Waals surface area (Å²) >= 11 is 0. The van der Waals surface area contributed by atoms with Gasteiger partial charge in [0.2, 0.25) is 0 Å². The van der Waals surface area contributed by atoms with E-state index >= 15 is 0 Å². The van der Waals surface area contributed by atoms with Crippen LogP contribution in [0.2, 0.25) is 0 Å². The number of hydrogen-bond donors (Lipinski definition) is 1. The Morgan fingerprint density at radius 3 is 2.62 bits per heavy atom. The second kappa shape index (κ2) is 7.96. The lowest BCUT2D eigenvalue weighted by Crippen LogP contribution is -2.38. The van der Waals surface area contributed by atoms with Gasteiger partial charge < -0.3 is 14.8 Å². The van der Waals surface area contributed by atoms with Crippen LogP contribution in [0.3, 0.4) is 0 Å². The number of urea groups is 1. The number of amides is 2. The van der Waals surface area contributed by atoms with Crippen molar-refractivity contribution in [2.24, 2.45) is 0 Å². The number of carbonyl (C=O) groups is 1. The monoisotopic (exact) mass is 429 g/mol. The second-order valence-electron chi connectivity index (χ2n) is 7.93. The van der Waals surface area contributed by atoms with E-state index in [0.717, 1.165) is 40.2 Å². The predicted octanol–water partition coefficient (Wildman–Crippen LogP) is 6.20. The molecular formula is C26H21F2N3O. The Kier molecular flexibility index (Phi) is 4.98. The van der Waals surface area contributed by atoms with Crippen molar-refractivity contribution < 1.29 is 13.6 Å². The van der Waals surface area contributed by atoms with Crippen molar-refractivity contribution in [2.45, 2.75) is 19.5 Å². The van der Waals surface area contributed by atoms with E-state index in [1.165, 1.54) is 6.07 Å². The molecule has 0 saturated heterocycles. The molecule has 1 aliphatic rings. The molecule has 0 saturated carbocycles.